The smallest absolute Gasteiger partial charge is 0.274 e. The fraction of sp³-hybridized carbons (Fsp3) is 0.105. The Morgan fingerprint density at radius 2 is 1.80 bits per heavy atom. The molecule has 0 unspecified atom stereocenters. The molecule has 0 bridgehead atoms. The summed E-state index contributed by atoms with van der Waals surface area (Å²) in [4.78, 5) is 20.6. The summed E-state index contributed by atoms with van der Waals surface area (Å²) in [5.41, 5.74) is 2.92. The largest absolute Gasteiger partial charge is 0.497 e. The maximum Gasteiger partial charge on any atom is 0.274 e. The highest BCUT2D eigenvalue weighted by Gasteiger charge is 2.09. The van der Waals surface area contributed by atoms with E-state index in [1.165, 1.54) is 6.33 Å². The summed E-state index contributed by atoms with van der Waals surface area (Å²) in [6.45, 7) is 1.97. The average Bonchev–Trinajstić information content (AvgIpc) is 2.62. The van der Waals surface area contributed by atoms with Crippen LogP contribution in [-0.2, 0) is 0 Å². The molecule has 0 atom stereocenters. The molecule has 0 saturated carbocycles. The van der Waals surface area contributed by atoms with E-state index in [0.717, 1.165) is 22.7 Å². The Bertz CT molecular complexity index is 879. The molecule has 1 amide bonds. The minimum atomic E-state index is -0.286. The molecular formula is C19H18N4O2. The molecule has 3 aromatic rings. The van der Waals surface area contributed by atoms with Gasteiger partial charge in [0.05, 0.1) is 7.11 Å². The van der Waals surface area contributed by atoms with E-state index in [9.17, 15) is 4.79 Å². The van der Waals surface area contributed by atoms with E-state index in [-0.39, 0.29) is 11.6 Å². The molecule has 0 spiro atoms. The van der Waals surface area contributed by atoms with E-state index >= 15 is 0 Å². The van der Waals surface area contributed by atoms with Crippen LogP contribution in [0, 0.1) is 6.92 Å². The molecule has 25 heavy (non-hydrogen) atoms. The van der Waals surface area contributed by atoms with E-state index in [2.05, 4.69) is 20.6 Å². The number of carbonyl (C=O) groups is 1. The first-order chi connectivity index (χ1) is 12.1. The van der Waals surface area contributed by atoms with E-state index in [4.69, 9.17) is 4.74 Å². The van der Waals surface area contributed by atoms with Gasteiger partial charge in [-0.1, -0.05) is 12.1 Å². The van der Waals surface area contributed by atoms with Crippen LogP contribution in [-0.4, -0.2) is 23.0 Å². The van der Waals surface area contributed by atoms with Gasteiger partial charge in [-0.2, -0.15) is 0 Å². The second-order valence-corrected chi connectivity index (χ2v) is 5.47. The van der Waals surface area contributed by atoms with Crippen molar-refractivity contribution in [2.75, 3.05) is 17.7 Å². The van der Waals surface area contributed by atoms with Crippen molar-refractivity contribution >= 4 is 23.1 Å². The normalized spacial score (nSPS) is 10.2. The number of anilines is 3. The maximum absolute atomic E-state index is 12.4. The summed E-state index contributed by atoms with van der Waals surface area (Å²) in [5, 5.41) is 5.97. The first-order valence-corrected chi connectivity index (χ1v) is 7.75. The summed E-state index contributed by atoms with van der Waals surface area (Å²) in [7, 11) is 1.62. The molecule has 2 aromatic carbocycles. The number of aryl methyl sites for hydroxylation is 1. The van der Waals surface area contributed by atoms with Crippen molar-refractivity contribution < 1.29 is 9.53 Å². The molecule has 6 nitrogen and oxygen atoms in total. The number of benzene rings is 2. The van der Waals surface area contributed by atoms with Gasteiger partial charge >= 0.3 is 0 Å². The minimum absolute atomic E-state index is 0.285. The molecule has 0 aliphatic carbocycles. The number of aromatic nitrogens is 2. The number of nitrogens with one attached hydrogen (secondary N) is 2. The van der Waals surface area contributed by atoms with E-state index in [0.29, 0.717) is 5.82 Å². The summed E-state index contributed by atoms with van der Waals surface area (Å²) in [6, 6.07) is 16.6. The molecule has 0 aliphatic heterocycles. The number of nitrogens with zero attached hydrogens (tertiary/aromatic N) is 2. The zero-order valence-electron chi connectivity index (χ0n) is 14.0. The maximum atomic E-state index is 12.4. The third-order valence-electron chi connectivity index (χ3n) is 3.54. The van der Waals surface area contributed by atoms with Crippen LogP contribution in [0.25, 0.3) is 0 Å². The topological polar surface area (TPSA) is 76.1 Å². The fourth-order valence-corrected chi connectivity index (χ4v) is 2.29. The Morgan fingerprint density at radius 3 is 2.52 bits per heavy atom. The predicted molar refractivity (Wildman–Crippen MR) is 97.4 cm³/mol. The SMILES string of the molecule is COc1ccc(Nc2cc(C(=O)Nc3cccc(C)c3)ncn2)cc1. The average molecular weight is 334 g/mol. The molecule has 1 aromatic heterocycles. The van der Waals surface area contributed by atoms with E-state index < -0.39 is 0 Å². The fourth-order valence-electron chi connectivity index (χ4n) is 2.29. The van der Waals surface area contributed by atoms with Crippen molar-refractivity contribution in [1.82, 2.24) is 9.97 Å². The summed E-state index contributed by atoms with van der Waals surface area (Å²) >= 11 is 0. The van der Waals surface area contributed by atoms with Gasteiger partial charge in [0.15, 0.2) is 0 Å². The van der Waals surface area contributed by atoms with Crippen molar-refractivity contribution in [1.29, 1.82) is 0 Å². The molecule has 0 saturated heterocycles. The monoisotopic (exact) mass is 334 g/mol. The van der Waals surface area contributed by atoms with Crippen molar-refractivity contribution in [2.45, 2.75) is 6.92 Å². The third kappa shape index (κ3) is 4.32. The zero-order chi connectivity index (χ0) is 17.6. The molecule has 126 valence electrons. The molecule has 1 heterocycles. The van der Waals surface area contributed by atoms with Gasteiger partial charge in [0.2, 0.25) is 0 Å². The van der Waals surface area contributed by atoms with Crippen LogP contribution in [0.5, 0.6) is 5.75 Å². The third-order valence-corrected chi connectivity index (χ3v) is 3.54. The number of hydrogen-bond donors (Lipinski definition) is 2. The molecule has 0 aliphatic rings. The van der Waals surface area contributed by atoms with Crippen LogP contribution in [0.4, 0.5) is 17.2 Å². The van der Waals surface area contributed by atoms with Gasteiger partial charge in [0.25, 0.3) is 5.91 Å². The molecular weight excluding hydrogens is 316 g/mol. The predicted octanol–water partition coefficient (Wildman–Crippen LogP) is 3.79. The minimum Gasteiger partial charge on any atom is -0.497 e. The Labute approximate surface area is 145 Å². The van der Waals surface area contributed by atoms with Gasteiger partial charge in [-0.05, 0) is 48.9 Å². The second kappa shape index (κ2) is 7.44. The van der Waals surface area contributed by atoms with Crippen LogP contribution in [0.2, 0.25) is 0 Å². The standard InChI is InChI=1S/C19H18N4O2/c1-13-4-3-5-15(10-13)23-19(24)17-11-18(21-12-20-17)22-14-6-8-16(25-2)9-7-14/h3-12H,1-2H3,(H,23,24)(H,20,21,22). The number of amides is 1. The van der Waals surface area contributed by atoms with Crippen molar-refractivity contribution in [3.05, 3.63) is 72.2 Å². The van der Waals surface area contributed by atoms with E-state index in [1.807, 2.05) is 55.5 Å². The molecule has 0 radical (unpaired) electrons. The first-order valence-electron chi connectivity index (χ1n) is 7.75. The van der Waals surface area contributed by atoms with Gasteiger partial charge in [-0.15, -0.1) is 0 Å². The van der Waals surface area contributed by atoms with E-state index in [1.54, 1.807) is 13.2 Å². The number of methoxy groups -OCH3 is 1. The Morgan fingerprint density at radius 1 is 1.00 bits per heavy atom. The number of carbonyl (C=O) groups excluding carboxylic acids is 1. The van der Waals surface area contributed by atoms with Crippen molar-refractivity contribution in [3.8, 4) is 5.75 Å². The van der Waals surface area contributed by atoms with Crippen LogP contribution in [0.15, 0.2) is 60.9 Å². The Kier molecular flexibility index (Phi) is 4.89. The second-order valence-electron chi connectivity index (χ2n) is 5.47. The van der Waals surface area contributed by atoms with Crippen LogP contribution < -0.4 is 15.4 Å². The first kappa shape index (κ1) is 16.4. The lowest BCUT2D eigenvalue weighted by Crippen LogP contribution is -2.14. The quantitative estimate of drug-likeness (QED) is 0.742. The molecule has 2 N–H and O–H groups in total. The summed E-state index contributed by atoms with van der Waals surface area (Å²) < 4.78 is 5.13. The van der Waals surface area contributed by atoms with Gasteiger partial charge in [0, 0.05) is 17.4 Å². The van der Waals surface area contributed by atoms with Crippen LogP contribution >= 0.6 is 0 Å². The molecule has 6 heteroatoms. The van der Waals surface area contributed by atoms with Crippen LogP contribution in [0.1, 0.15) is 16.1 Å². The lowest BCUT2D eigenvalue weighted by Gasteiger charge is -2.08. The lowest BCUT2D eigenvalue weighted by atomic mass is 10.2. The highest BCUT2D eigenvalue weighted by molar-refractivity contribution is 6.03. The summed E-state index contributed by atoms with van der Waals surface area (Å²) in [5.74, 6) is 1.02. The number of ether oxygens (including phenoxy) is 1. The van der Waals surface area contributed by atoms with Crippen LogP contribution in [0.3, 0.4) is 0 Å². The number of rotatable bonds is 5. The van der Waals surface area contributed by atoms with Gasteiger partial charge in [-0.25, -0.2) is 9.97 Å². The van der Waals surface area contributed by atoms with Gasteiger partial charge < -0.3 is 15.4 Å². The van der Waals surface area contributed by atoms with Gasteiger partial charge in [0.1, 0.15) is 23.6 Å². The Hall–Kier alpha value is -3.41. The highest BCUT2D eigenvalue weighted by atomic mass is 16.5. The Balaban J connectivity index is 1.72. The van der Waals surface area contributed by atoms with Crippen molar-refractivity contribution in [2.24, 2.45) is 0 Å². The molecule has 0 fully saturated rings. The summed E-state index contributed by atoms with van der Waals surface area (Å²) in [6.07, 6.45) is 1.36. The molecule has 3 rings (SSSR count). The lowest BCUT2D eigenvalue weighted by molar-refractivity contribution is 0.102. The zero-order valence-corrected chi connectivity index (χ0v) is 14.0. The number of hydrogen-bond acceptors (Lipinski definition) is 5. The van der Waals surface area contributed by atoms with Crippen molar-refractivity contribution in [3.63, 3.8) is 0 Å². The van der Waals surface area contributed by atoms with Gasteiger partial charge in [-0.3, -0.25) is 4.79 Å². The highest BCUT2D eigenvalue weighted by Crippen LogP contribution is 2.19.